The zero-order chi connectivity index (χ0) is 15.0. The van der Waals surface area contributed by atoms with E-state index in [9.17, 15) is 9.18 Å². The summed E-state index contributed by atoms with van der Waals surface area (Å²) in [7, 11) is 1.51. The van der Waals surface area contributed by atoms with E-state index in [4.69, 9.17) is 10.5 Å². The lowest BCUT2D eigenvalue weighted by Crippen LogP contribution is -2.36. The third-order valence-corrected chi connectivity index (χ3v) is 2.82. The molecule has 1 atom stereocenters. The molecule has 5 nitrogen and oxygen atoms in total. The summed E-state index contributed by atoms with van der Waals surface area (Å²) in [5, 5.41) is 5.71. The Kier molecular flexibility index (Phi) is 6.79. The summed E-state index contributed by atoms with van der Waals surface area (Å²) in [5.41, 5.74) is 5.90. The van der Waals surface area contributed by atoms with Gasteiger partial charge in [0.05, 0.1) is 12.8 Å². The number of methoxy groups -OCH3 is 1. The zero-order valence-corrected chi connectivity index (χ0v) is 11.9. The van der Waals surface area contributed by atoms with Crippen molar-refractivity contribution in [2.75, 3.05) is 25.5 Å². The molecule has 20 heavy (non-hydrogen) atoms. The fourth-order valence-electron chi connectivity index (χ4n) is 1.72. The number of hydrogen-bond acceptors (Lipinski definition) is 4. The molecule has 112 valence electrons. The van der Waals surface area contributed by atoms with Gasteiger partial charge >= 0.3 is 0 Å². The number of nitrogens with two attached hydrogens (primary N) is 1. The summed E-state index contributed by atoms with van der Waals surface area (Å²) in [6.45, 7) is 2.84. The number of ether oxygens (including phenoxy) is 1. The molecule has 1 aromatic rings. The lowest BCUT2D eigenvalue weighted by atomic mass is 10.1. The lowest BCUT2D eigenvalue weighted by molar-refractivity contribution is -0.121. The quantitative estimate of drug-likeness (QED) is 0.675. The van der Waals surface area contributed by atoms with Gasteiger partial charge in [0.1, 0.15) is 11.6 Å². The van der Waals surface area contributed by atoms with E-state index in [1.54, 1.807) is 6.07 Å². The van der Waals surface area contributed by atoms with Crippen LogP contribution in [0.3, 0.4) is 0 Å². The average Bonchev–Trinajstić information content (AvgIpc) is 2.46. The molecule has 6 heteroatoms. The van der Waals surface area contributed by atoms with Crippen molar-refractivity contribution in [3.8, 4) is 5.75 Å². The Morgan fingerprint density at radius 1 is 1.50 bits per heavy atom. The monoisotopic (exact) mass is 283 g/mol. The Morgan fingerprint density at radius 2 is 2.25 bits per heavy atom. The molecule has 1 amide bonds. The molecular formula is C14H22FN3O2. The number of rotatable bonds is 8. The molecule has 1 rings (SSSR count). The number of benzene rings is 1. The summed E-state index contributed by atoms with van der Waals surface area (Å²) >= 11 is 0. The fourth-order valence-corrected chi connectivity index (χ4v) is 1.72. The highest BCUT2D eigenvalue weighted by Gasteiger charge is 2.14. The Balaban J connectivity index is 2.65. The van der Waals surface area contributed by atoms with Crippen molar-refractivity contribution in [3.05, 3.63) is 24.0 Å². The predicted molar refractivity (Wildman–Crippen MR) is 77.3 cm³/mol. The van der Waals surface area contributed by atoms with Gasteiger partial charge in [-0.25, -0.2) is 4.39 Å². The molecule has 0 aromatic heterocycles. The first-order valence-corrected chi connectivity index (χ1v) is 6.67. The minimum atomic E-state index is -0.404. The van der Waals surface area contributed by atoms with Gasteiger partial charge in [-0.15, -0.1) is 0 Å². The third kappa shape index (κ3) is 5.05. The molecule has 0 saturated carbocycles. The molecule has 0 bridgehead atoms. The maximum absolute atomic E-state index is 13.7. The van der Waals surface area contributed by atoms with Crippen LogP contribution >= 0.6 is 0 Å². The molecule has 0 heterocycles. The number of amides is 1. The topological polar surface area (TPSA) is 76.4 Å². The van der Waals surface area contributed by atoms with Crippen molar-refractivity contribution in [2.45, 2.75) is 25.8 Å². The SMILES string of the molecule is CCCNC(=O)CC(CN)Nc1cc(OC)ccc1F. The second-order valence-corrected chi connectivity index (χ2v) is 4.48. The van der Waals surface area contributed by atoms with Crippen molar-refractivity contribution in [1.82, 2.24) is 5.32 Å². The summed E-state index contributed by atoms with van der Waals surface area (Å²) in [5.74, 6) is 0.0384. The second-order valence-electron chi connectivity index (χ2n) is 4.48. The molecule has 0 radical (unpaired) electrons. The van der Waals surface area contributed by atoms with E-state index in [1.807, 2.05) is 6.92 Å². The maximum atomic E-state index is 13.7. The summed E-state index contributed by atoms with van der Waals surface area (Å²) in [4.78, 5) is 11.6. The first-order valence-electron chi connectivity index (χ1n) is 6.67. The van der Waals surface area contributed by atoms with Crippen LogP contribution in [0.2, 0.25) is 0 Å². The van der Waals surface area contributed by atoms with Crippen molar-refractivity contribution in [2.24, 2.45) is 5.73 Å². The van der Waals surface area contributed by atoms with Gasteiger partial charge in [-0.05, 0) is 18.6 Å². The van der Waals surface area contributed by atoms with Gasteiger partial charge < -0.3 is 21.1 Å². The smallest absolute Gasteiger partial charge is 0.222 e. The van der Waals surface area contributed by atoms with E-state index in [-0.39, 0.29) is 30.6 Å². The summed E-state index contributed by atoms with van der Waals surface area (Å²) < 4.78 is 18.7. The van der Waals surface area contributed by atoms with Crippen LogP contribution in [0.4, 0.5) is 10.1 Å². The maximum Gasteiger partial charge on any atom is 0.222 e. The highest BCUT2D eigenvalue weighted by molar-refractivity contribution is 5.77. The normalized spacial score (nSPS) is 11.8. The Bertz CT molecular complexity index is 440. The molecular weight excluding hydrogens is 261 g/mol. The molecule has 4 N–H and O–H groups in total. The van der Waals surface area contributed by atoms with Crippen LogP contribution in [0.15, 0.2) is 18.2 Å². The van der Waals surface area contributed by atoms with E-state index in [0.29, 0.717) is 12.3 Å². The number of nitrogens with one attached hydrogen (secondary N) is 2. The minimum absolute atomic E-state index is 0.0990. The first-order chi connectivity index (χ1) is 9.60. The van der Waals surface area contributed by atoms with Gasteiger partial charge in [-0.2, -0.15) is 0 Å². The molecule has 1 aromatic carbocycles. The van der Waals surface area contributed by atoms with Gasteiger partial charge in [0.2, 0.25) is 5.91 Å². The largest absolute Gasteiger partial charge is 0.497 e. The second kappa shape index (κ2) is 8.37. The highest BCUT2D eigenvalue weighted by Crippen LogP contribution is 2.22. The number of anilines is 1. The van der Waals surface area contributed by atoms with Gasteiger partial charge in [-0.1, -0.05) is 6.92 Å². The highest BCUT2D eigenvalue weighted by atomic mass is 19.1. The summed E-state index contributed by atoms with van der Waals surface area (Å²) in [6, 6.07) is 4.06. The Hall–Kier alpha value is -1.82. The number of halogens is 1. The van der Waals surface area contributed by atoms with Crippen molar-refractivity contribution in [3.63, 3.8) is 0 Å². The summed E-state index contributed by atoms with van der Waals surface area (Å²) in [6.07, 6.45) is 1.07. The van der Waals surface area contributed by atoms with Crippen LogP contribution in [0, 0.1) is 5.82 Å². The van der Waals surface area contributed by atoms with E-state index in [1.165, 1.54) is 19.2 Å². The predicted octanol–water partition coefficient (Wildman–Crippen LogP) is 1.49. The van der Waals surface area contributed by atoms with Crippen LogP contribution in [0.25, 0.3) is 0 Å². The van der Waals surface area contributed by atoms with Crippen molar-refractivity contribution < 1.29 is 13.9 Å². The first kappa shape index (κ1) is 16.2. The molecule has 0 fully saturated rings. The number of hydrogen-bond donors (Lipinski definition) is 3. The molecule has 1 unspecified atom stereocenters. The number of carbonyl (C=O) groups excluding carboxylic acids is 1. The van der Waals surface area contributed by atoms with Crippen molar-refractivity contribution >= 4 is 11.6 Å². The third-order valence-electron chi connectivity index (χ3n) is 2.82. The van der Waals surface area contributed by atoms with Gasteiger partial charge in [0.25, 0.3) is 0 Å². The van der Waals surface area contributed by atoms with Crippen LogP contribution in [0.1, 0.15) is 19.8 Å². The molecule has 0 saturated heterocycles. The van der Waals surface area contributed by atoms with Gasteiger partial charge in [0, 0.05) is 31.6 Å². The van der Waals surface area contributed by atoms with Crippen LogP contribution < -0.4 is 21.1 Å². The van der Waals surface area contributed by atoms with E-state index in [2.05, 4.69) is 10.6 Å². The average molecular weight is 283 g/mol. The van der Waals surface area contributed by atoms with Crippen molar-refractivity contribution in [1.29, 1.82) is 0 Å². The van der Waals surface area contributed by atoms with Crippen LogP contribution in [-0.2, 0) is 4.79 Å². The van der Waals surface area contributed by atoms with E-state index in [0.717, 1.165) is 6.42 Å². The standard InChI is InChI=1S/C14H22FN3O2/c1-3-6-17-14(19)7-10(9-16)18-13-8-11(20-2)4-5-12(13)15/h4-5,8,10,18H,3,6-7,9,16H2,1-2H3,(H,17,19). The van der Waals surface area contributed by atoms with Crippen LogP contribution in [-0.4, -0.2) is 32.1 Å². The van der Waals surface area contributed by atoms with Gasteiger partial charge in [-0.3, -0.25) is 4.79 Å². The molecule has 0 aliphatic carbocycles. The zero-order valence-electron chi connectivity index (χ0n) is 11.9. The minimum Gasteiger partial charge on any atom is -0.497 e. The molecule has 0 spiro atoms. The van der Waals surface area contributed by atoms with E-state index >= 15 is 0 Å². The van der Waals surface area contributed by atoms with Crippen LogP contribution in [0.5, 0.6) is 5.75 Å². The van der Waals surface area contributed by atoms with Gasteiger partial charge in [0.15, 0.2) is 0 Å². The lowest BCUT2D eigenvalue weighted by Gasteiger charge is -2.18. The Labute approximate surface area is 118 Å². The fraction of sp³-hybridized carbons (Fsp3) is 0.500. The number of carbonyl (C=O) groups is 1. The Morgan fingerprint density at radius 3 is 2.85 bits per heavy atom. The molecule has 0 aliphatic rings. The molecule has 0 aliphatic heterocycles. The van der Waals surface area contributed by atoms with E-state index < -0.39 is 5.82 Å².